The van der Waals surface area contributed by atoms with Gasteiger partial charge in [-0.3, -0.25) is 0 Å². The summed E-state index contributed by atoms with van der Waals surface area (Å²) in [5.74, 6) is 0. The monoisotopic (exact) mass is 251 g/mol. The van der Waals surface area contributed by atoms with Crippen LogP contribution in [0.25, 0.3) is 21.8 Å². The molecule has 0 aliphatic rings. The molecule has 19 heavy (non-hydrogen) atoms. The highest BCUT2D eigenvalue weighted by molar-refractivity contribution is 6.08. The number of hydrogen-bond acceptors (Lipinski definition) is 0. The van der Waals surface area contributed by atoms with Crippen LogP contribution >= 0.6 is 0 Å². The summed E-state index contributed by atoms with van der Waals surface area (Å²) < 4.78 is 2.25. The highest BCUT2D eigenvalue weighted by Crippen LogP contribution is 2.28. The molecule has 1 heterocycles. The van der Waals surface area contributed by atoms with Crippen LogP contribution in [0.4, 0.5) is 0 Å². The van der Waals surface area contributed by atoms with Crippen LogP contribution in [0, 0.1) is 0 Å². The van der Waals surface area contributed by atoms with E-state index >= 15 is 0 Å². The normalized spacial score (nSPS) is 10.3. The smallest absolute Gasteiger partial charge is 0.0488 e. The Morgan fingerprint density at radius 2 is 1.68 bits per heavy atom. The van der Waals surface area contributed by atoms with Crippen LogP contribution in [-0.2, 0) is 13.5 Å². The molecule has 0 saturated carbocycles. The van der Waals surface area contributed by atoms with E-state index in [1.54, 1.807) is 0 Å². The van der Waals surface area contributed by atoms with Crippen LogP contribution in [0.2, 0.25) is 0 Å². The molecule has 0 amide bonds. The average molecular weight is 251 g/mol. The second-order valence-corrected chi connectivity index (χ2v) is 4.42. The van der Waals surface area contributed by atoms with Crippen LogP contribution in [-0.4, -0.2) is 4.57 Å². The standard InChI is InChI=1S/C16H15N.C2H6/c1-3-6-12-9-10-16-14(11-12)13-7-4-5-8-15(13)17(16)2;1-2/h3-5,7-11H,1,6H2,2H3;1-2H3. The summed E-state index contributed by atoms with van der Waals surface area (Å²) in [6.45, 7) is 7.80. The Morgan fingerprint density at radius 3 is 2.42 bits per heavy atom. The minimum atomic E-state index is 0.930. The van der Waals surface area contributed by atoms with E-state index in [1.807, 2.05) is 19.9 Å². The molecule has 98 valence electrons. The highest BCUT2D eigenvalue weighted by Gasteiger charge is 2.07. The van der Waals surface area contributed by atoms with Crippen molar-refractivity contribution in [1.29, 1.82) is 0 Å². The van der Waals surface area contributed by atoms with Crippen molar-refractivity contribution in [2.45, 2.75) is 20.3 Å². The Hall–Kier alpha value is -2.02. The van der Waals surface area contributed by atoms with E-state index in [4.69, 9.17) is 0 Å². The number of allylic oxidation sites excluding steroid dienone is 1. The van der Waals surface area contributed by atoms with Gasteiger partial charge in [0.05, 0.1) is 0 Å². The zero-order chi connectivity index (χ0) is 13.8. The summed E-state index contributed by atoms with van der Waals surface area (Å²) in [5, 5.41) is 2.67. The number of para-hydroxylation sites is 1. The van der Waals surface area contributed by atoms with Crippen LogP contribution in [0.3, 0.4) is 0 Å². The third-order valence-electron chi connectivity index (χ3n) is 3.36. The Morgan fingerprint density at radius 1 is 1.00 bits per heavy atom. The molecule has 0 fully saturated rings. The van der Waals surface area contributed by atoms with Gasteiger partial charge in [-0.1, -0.05) is 44.2 Å². The van der Waals surface area contributed by atoms with Gasteiger partial charge in [0.2, 0.25) is 0 Å². The summed E-state index contributed by atoms with van der Waals surface area (Å²) in [4.78, 5) is 0. The predicted molar refractivity (Wildman–Crippen MR) is 85.7 cm³/mol. The van der Waals surface area contributed by atoms with Gasteiger partial charge >= 0.3 is 0 Å². The lowest BCUT2D eigenvalue weighted by molar-refractivity contribution is 1.01. The zero-order valence-corrected chi connectivity index (χ0v) is 12.0. The molecule has 0 atom stereocenters. The minimum absolute atomic E-state index is 0.930. The predicted octanol–water partition coefficient (Wildman–Crippen LogP) is 5.09. The first kappa shape index (κ1) is 13.4. The van der Waals surface area contributed by atoms with Gasteiger partial charge < -0.3 is 4.57 Å². The first-order valence-corrected chi connectivity index (χ1v) is 6.88. The third-order valence-corrected chi connectivity index (χ3v) is 3.36. The second kappa shape index (κ2) is 5.75. The van der Waals surface area contributed by atoms with Gasteiger partial charge in [-0.2, -0.15) is 0 Å². The molecule has 0 unspecified atom stereocenters. The molecule has 0 N–H and O–H groups in total. The van der Waals surface area contributed by atoms with Gasteiger partial charge in [0.1, 0.15) is 0 Å². The molecule has 0 saturated heterocycles. The van der Waals surface area contributed by atoms with Crippen molar-refractivity contribution in [3.63, 3.8) is 0 Å². The molecular weight excluding hydrogens is 230 g/mol. The first-order chi connectivity index (χ1) is 9.31. The topological polar surface area (TPSA) is 4.93 Å². The van der Waals surface area contributed by atoms with Crippen molar-refractivity contribution >= 4 is 21.8 Å². The number of rotatable bonds is 2. The van der Waals surface area contributed by atoms with Crippen LogP contribution in [0.15, 0.2) is 55.1 Å². The van der Waals surface area contributed by atoms with Gasteiger partial charge in [-0.25, -0.2) is 0 Å². The van der Waals surface area contributed by atoms with E-state index in [-0.39, 0.29) is 0 Å². The maximum absolute atomic E-state index is 3.80. The average Bonchev–Trinajstić information content (AvgIpc) is 2.75. The largest absolute Gasteiger partial charge is 0.344 e. The molecule has 3 rings (SSSR count). The second-order valence-electron chi connectivity index (χ2n) is 4.42. The van der Waals surface area contributed by atoms with Gasteiger partial charge in [0.25, 0.3) is 0 Å². The fourth-order valence-electron chi connectivity index (χ4n) is 2.51. The van der Waals surface area contributed by atoms with Gasteiger partial charge in [0.15, 0.2) is 0 Å². The minimum Gasteiger partial charge on any atom is -0.344 e. The van der Waals surface area contributed by atoms with Crippen molar-refractivity contribution in [1.82, 2.24) is 4.57 Å². The Bertz CT molecular complexity index is 704. The lowest BCUT2D eigenvalue weighted by atomic mass is 10.1. The Labute approximate surface area is 115 Å². The summed E-state index contributed by atoms with van der Waals surface area (Å²) in [5.41, 5.74) is 3.90. The van der Waals surface area contributed by atoms with Crippen LogP contribution in [0.5, 0.6) is 0 Å². The van der Waals surface area contributed by atoms with E-state index in [2.05, 4.69) is 60.7 Å². The fraction of sp³-hybridized carbons (Fsp3) is 0.222. The van der Waals surface area contributed by atoms with E-state index in [0.717, 1.165) is 6.42 Å². The molecule has 2 aromatic carbocycles. The Kier molecular flexibility index (Phi) is 4.06. The van der Waals surface area contributed by atoms with Crippen molar-refractivity contribution < 1.29 is 0 Å². The van der Waals surface area contributed by atoms with Crippen LogP contribution in [0.1, 0.15) is 19.4 Å². The number of aryl methyl sites for hydroxylation is 1. The van der Waals surface area contributed by atoms with Gasteiger partial charge in [-0.05, 0) is 30.2 Å². The molecule has 1 nitrogen and oxygen atoms in total. The molecule has 0 aliphatic carbocycles. The fourth-order valence-corrected chi connectivity index (χ4v) is 2.51. The van der Waals surface area contributed by atoms with Crippen molar-refractivity contribution in [2.75, 3.05) is 0 Å². The van der Waals surface area contributed by atoms with Crippen molar-refractivity contribution in [2.24, 2.45) is 7.05 Å². The van der Waals surface area contributed by atoms with Crippen molar-refractivity contribution in [3.05, 3.63) is 60.7 Å². The molecule has 0 aliphatic heterocycles. The zero-order valence-electron chi connectivity index (χ0n) is 12.0. The lowest BCUT2D eigenvalue weighted by Crippen LogP contribution is -1.86. The highest BCUT2D eigenvalue weighted by atomic mass is 14.9. The van der Waals surface area contributed by atoms with Gasteiger partial charge in [-0.15, -0.1) is 6.58 Å². The number of hydrogen-bond donors (Lipinski definition) is 0. The summed E-state index contributed by atoms with van der Waals surface area (Å²) >= 11 is 0. The number of benzene rings is 2. The summed E-state index contributed by atoms with van der Waals surface area (Å²) in [6.07, 6.45) is 2.88. The maximum Gasteiger partial charge on any atom is 0.0488 e. The SMILES string of the molecule is C=CCc1ccc2c(c1)c1ccccc1n2C.CC. The quantitative estimate of drug-likeness (QED) is 0.559. The Balaban J connectivity index is 0.000000637. The lowest BCUT2D eigenvalue weighted by Gasteiger charge is -1.99. The molecule has 1 heteroatoms. The van der Waals surface area contributed by atoms with Gasteiger partial charge in [0, 0.05) is 28.9 Å². The van der Waals surface area contributed by atoms with E-state index in [1.165, 1.54) is 27.4 Å². The molecule has 0 bridgehead atoms. The van der Waals surface area contributed by atoms with Crippen LogP contribution < -0.4 is 0 Å². The van der Waals surface area contributed by atoms with E-state index in [9.17, 15) is 0 Å². The van der Waals surface area contributed by atoms with E-state index in [0.29, 0.717) is 0 Å². The molecule has 3 aromatic rings. The molecule has 0 radical (unpaired) electrons. The maximum atomic E-state index is 3.80. The number of nitrogens with zero attached hydrogens (tertiary/aromatic N) is 1. The summed E-state index contributed by atoms with van der Waals surface area (Å²) in [6, 6.07) is 15.2. The third kappa shape index (κ3) is 2.28. The first-order valence-electron chi connectivity index (χ1n) is 6.88. The molecular formula is C18H21N. The van der Waals surface area contributed by atoms with Crippen molar-refractivity contribution in [3.8, 4) is 0 Å². The molecule has 0 spiro atoms. The number of aromatic nitrogens is 1. The van der Waals surface area contributed by atoms with E-state index < -0.39 is 0 Å². The molecule has 1 aromatic heterocycles. The summed E-state index contributed by atoms with van der Waals surface area (Å²) in [7, 11) is 2.12. The number of fused-ring (bicyclic) bond motifs is 3.